The SMILES string of the molecule is O[B]Oc1ccc2oc3ccccc3c2c1Cl. The molecule has 0 aliphatic rings. The van der Waals surface area contributed by atoms with Crippen LogP contribution in [0.3, 0.4) is 0 Å². The smallest absolute Gasteiger partial charge is 0.536 e. The zero-order valence-corrected chi connectivity index (χ0v) is 9.44. The minimum Gasteiger partial charge on any atom is -0.536 e. The third-order valence-corrected chi connectivity index (χ3v) is 3.00. The van der Waals surface area contributed by atoms with E-state index in [0.29, 0.717) is 24.0 Å². The lowest BCUT2D eigenvalue weighted by molar-refractivity contribution is 0.454. The van der Waals surface area contributed by atoms with Crippen LogP contribution in [0.1, 0.15) is 0 Å². The van der Waals surface area contributed by atoms with Crippen LogP contribution >= 0.6 is 11.6 Å². The summed E-state index contributed by atoms with van der Waals surface area (Å²) in [5.74, 6) is 0.396. The number of benzene rings is 2. The van der Waals surface area contributed by atoms with Crippen LogP contribution in [-0.4, -0.2) is 12.7 Å². The van der Waals surface area contributed by atoms with Gasteiger partial charge in [-0.05, 0) is 18.2 Å². The molecule has 0 amide bonds. The molecule has 3 aromatic rings. The first kappa shape index (κ1) is 10.5. The van der Waals surface area contributed by atoms with Gasteiger partial charge in [0.15, 0.2) is 0 Å². The number of rotatable bonds is 2. The molecule has 17 heavy (non-hydrogen) atoms. The quantitative estimate of drug-likeness (QED) is 0.705. The van der Waals surface area contributed by atoms with Crippen LogP contribution in [0, 0.1) is 0 Å². The van der Waals surface area contributed by atoms with E-state index < -0.39 is 0 Å². The molecule has 1 N–H and O–H groups in total. The summed E-state index contributed by atoms with van der Waals surface area (Å²) < 4.78 is 10.6. The van der Waals surface area contributed by atoms with Gasteiger partial charge in [-0.1, -0.05) is 29.8 Å². The Morgan fingerprint density at radius 2 is 1.94 bits per heavy atom. The topological polar surface area (TPSA) is 42.6 Å². The second kappa shape index (κ2) is 3.98. The largest absolute Gasteiger partial charge is 0.569 e. The van der Waals surface area contributed by atoms with E-state index in [9.17, 15) is 0 Å². The van der Waals surface area contributed by atoms with Crippen molar-refractivity contribution in [3.63, 3.8) is 0 Å². The summed E-state index contributed by atoms with van der Waals surface area (Å²) >= 11 is 6.22. The zero-order valence-electron chi connectivity index (χ0n) is 8.68. The molecule has 1 aromatic heterocycles. The minimum atomic E-state index is 0.396. The highest BCUT2D eigenvalue weighted by atomic mass is 35.5. The molecule has 0 saturated heterocycles. The van der Waals surface area contributed by atoms with E-state index >= 15 is 0 Å². The molecule has 5 heteroatoms. The van der Waals surface area contributed by atoms with Crippen molar-refractivity contribution in [2.45, 2.75) is 0 Å². The molecule has 1 radical (unpaired) electrons. The fourth-order valence-electron chi connectivity index (χ4n) is 1.90. The summed E-state index contributed by atoms with van der Waals surface area (Å²) in [6.07, 6.45) is 0. The van der Waals surface area contributed by atoms with Crippen LogP contribution in [-0.2, 0) is 0 Å². The normalized spacial score (nSPS) is 10.9. The van der Waals surface area contributed by atoms with Crippen molar-refractivity contribution in [1.29, 1.82) is 0 Å². The van der Waals surface area contributed by atoms with Gasteiger partial charge in [0, 0.05) is 5.39 Å². The lowest BCUT2D eigenvalue weighted by Crippen LogP contribution is -2.00. The van der Waals surface area contributed by atoms with Crippen molar-refractivity contribution < 1.29 is 14.1 Å². The van der Waals surface area contributed by atoms with E-state index in [1.165, 1.54) is 0 Å². The van der Waals surface area contributed by atoms with Gasteiger partial charge >= 0.3 is 7.69 Å². The second-order valence-corrected chi connectivity index (χ2v) is 3.95. The van der Waals surface area contributed by atoms with Crippen molar-refractivity contribution in [1.82, 2.24) is 0 Å². The Labute approximate surface area is 103 Å². The molecule has 3 rings (SSSR count). The van der Waals surface area contributed by atoms with Crippen molar-refractivity contribution >= 4 is 41.2 Å². The van der Waals surface area contributed by atoms with Crippen LogP contribution in [0.25, 0.3) is 21.9 Å². The minimum absolute atomic E-state index is 0.396. The molecule has 0 fully saturated rings. The average Bonchev–Trinajstić information content (AvgIpc) is 2.72. The third-order valence-electron chi connectivity index (χ3n) is 2.62. The molecule has 0 aliphatic heterocycles. The van der Waals surface area contributed by atoms with Crippen LogP contribution in [0.5, 0.6) is 5.75 Å². The van der Waals surface area contributed by atoms with Crippen molar-refractivity contribution in [2.75, 3.05) is 0 Å². The molecule has 0 spiro atoms. The van der Waals surface area contributed by atoms with Gasteiger partial charge in [-0.15, -0.1) is 0 Å². The molecule has 0 unspecified atom stereocenters. The molecule has 0 aliphatic carbocycles. The van der Waals surface area contributed by atoms with Gasteiger partial charge < -0.3 is 14.1 Å². The molecule has 3 nitrogen and oxygen atoms in total. The van der Waals surface area contributed by atoms with E-state index in [1.54, 1.807) is 12.1 Å². The van der Waals surface area contributed by atoms with Crippen LogP contribution in [0.2, 0.25) is 5.02 Å². The Balaban J connectivity index is 2.40. The monoisotopic (exact) mass is 245 g/mol. The van der Waals surface area contributed by atoms with Gasteiger partial charge in [-0.3, -0.25) is 0 Å². The predicted octanol–water partition coefficient (Wildman–Crippen LogP) is 3.14. The van der Waals surface area contributed by atoms with E-state index in [0.717, 1.165) is 16.4 Å². The number of hydrogen-bond donors (Lipinski definition) is 1. The van der Waals surface area contributed by atoms with Gasteiger partial charge in [0.25, 0.3) is 0 Å². The van der Waals surface area contributed by atoms with Crippen LogP contribution in [0.15, 0.2) is 40.8 Å². The highest BCUT2D eigenvalue weighted by Gasteiger charge is 2.13. The summed E-state index contributed by atoms with van der Waals surface area (Å²) in [6, 6.07) is 11.0. The summed E-state index contributed by atoms with van der Waals surface area (Å²) in [7, 11) is 0.606. The Hall–Kier alpha value is -1.65. The van der Waals surface area contributed by atoms with Gasteiger partial charge in [0.1, 0.15) is 16.9 Å². The first-order chi connectivity index (χ1) is 8.31. The maximum atomic E-state index is 8.65. The number of halogens is 1. The molecule has 0 atom stereocenters. The Morgan fingerprint density at radius 1 is 1.12 bits per heavy atom. The maximum absolute atomic E-state index is 8.65. The first-order valence-corrected chi connectivity index (χ1v) is 5.41. The lowest BCUT2D eigenvalue weighted by atomic mass is 10.1. The van der Waals surface area contributed by atoms with Gasteiger partial charge in [-0.2, -0.15) is 0 Å². The number of hydrogen-bond acceptors (Lipinski definition) is 3. The summed E-state index contributed by atoms with van der Waals surface area (Å²) in [4.78, 5) is 0. The van der Waals surface area contributed by atoms with Crippen molar-refractivity contribution in [2.24, 2.45) is 0 Å². The average molecular weight is 245 g/mol. The zero-order chi connectivity index (χ0) is 11.8. The molecular formula is C12H7BClO3. The van der Waals surface area contributed by atoms with Crippen LogP contribution in [0.4, 0.5) is 0 Å². The fraction of sp³-hybridized carbons (Fsp3) is 0. The third kappa shape index (κ3) is 1.57. The van der Waals surface area contributed by atoms with Gasteiger partial charge in [0.05, 0.1) is 10.4 Å². The first-order valence-electron chi connectivity index (χ1n) is 5.03. The molecule has 0 saturated carbocycles. The number of para-hydroxylation sites is 1. The van der Waals surface area contributed by atoms with Gasteiger partial charge in [-0.25, -0.2) is 0 Å². The van der Waals surface area contributed by atoms with E-state index in [1.807, 2.05) is 24.3 Å². The molecule has 83 valence electrons. The Bertz CT molecular complexity index is 693. The second-order valence-electron chi connectivity index (χ2n) is 3.57. The molecule has 2 aromatic carbocycles. The highest BCUT2D eigenvalue weighted by molar-refractivity contribution is 6.39. The number of fused-ring (bicyclic) bond motifs is 3. The fourth-order valence-corrected chi connectivity index (χ4v) is 2.21. The van der Waals surface area contributed by atoms with Crippen molar-refractivity contribution in [3.8, 4) is 5.75 Å². The molecule has 1 heterocycles. The standard InChI is InChI=1S/C12H7BClO3/c14-12-10(17-13-15)6-5-9-11(12)7-3-1-2-4-8(7)16-9/h1-6,15H. The molecule has 0 bridgehead atoms. The Morgan fingerprint density at radius 3 is 2.76 bits per heavy atom. The van der Waals surface area contributed by atoms with Gasteiger partial charge in [0.2, 0.25) is 0 Å². The summed E-state index contributed by atoms with van der Waals surface area (Å²) in [5, 5.41) is 10.8. The van der Waals surface area contributed by atoms with E-state index in [-0.39, 0.29) is 0 Å². The maximum Gasteiger partial charge on any atom is 0.569 e. The van der Waals surface area contributed by atoms with E-state index in [4.69, 9.17) is 25.7 Å². The Kier molecular flexibility index (Phi) is 2.46. The number of furan rings is 1. The lowest BCUT2D eigenvalue weighted by Gasteiger charge is -2.04. The predicted molar refractivity (Wildman–Crippen MR) is 67.3 cm³/mol. The summed E-state index contributed by atoms with van der Waals surface area (Å²) in [6.45, 7) is 0. The van der Waals surface area contributed by atoms with Crippen molar-refractivity contribution in [3.05, 3.63) is 41.4 Å². The summed E-state index contributed by atoms with van der Waals surface area (Å²) in [5.41, 5.74) is 1.47. The highest BCUT2D eigenvalue weighted by Crippen LogP contribution is 2.38. The van der Waals surface area contributed by atoms with E-state index in [2.05, 4.69) is 0 Å². The molecular weight excluding hydrogens is 238 g/mol. The van der Waals surface area contributed by atoms with Crippen LogP contribution < -0.4 is 4.65 Å².